The van der Waals surface area contributed by atoms with Crippen molar-refractivity contribution in [1.82, 2.24) is 9.13 Å². The summed E-state index contributed by atoms with van der Waals surface area (Å²) in [7, 11) is 0. The van der Waals surface area contributed by atoms with Gasteiger partial charge in [0.05, 0.1) is 22.7 Å². The van der Waals surface area contributed by atoms with Gasteiger partial charge in [-0.2, -0.15) is 0 Å². The van der Waals surface area contributed by atoms with E-state index in [0.29, 0.717) is 19.5 Å². The van der Waals surface area contributed by atoms with Crippen LogP contribution in [0.1, 0.15) is 65.9 Å². The average molecular weight is 403 g/mol. The van der Waals surface area contributed by atoms with Crippen molar-refractivity contribution < 1.29 is 10.2 Å². The average Bonchev–Trinajstić information content (AvgIpc) is 2.64. The Morgan fingerprint density at radius 2 is 1.83 bits per heavy atom. The van der Waals surface area contributed by atoms with E-state index >= 15 is 0 Å². The lowest BCUT2D eigenvalue weighted by atomic mass is 9.78. The number of nitrogens with zero attached hydrogens (tertiary/aromatic N) is 2. The lowest BCUT2D eigenvalue weighted by Gasteiger charge is -2.33. The van der Waals surface area contributed by atoms with Crippen LogP contribution in [0.5, 0.6) is 0 Å². The number of hydrogen-bond acceptors (Lipinski definition) is 4. The number of para-hydroxylation sites is 1. The predicted molar refractivity (Wildman–Crippen MR) is 115 cm³/mol. The standard InChI is InChI=1S/C23H34N2O4/c1-15(9-10-18(26)23(4,5)29)11-13-24-17-8-6-7-16-19(17)25(21(28)20(24)27)14-12-22(16,2)3/h6-8,15,18,26,29H,9-14H2,1-5H3/t15-,18?/m1/s1. The van der Waals surface area contributed by atoms with Gasteiger partial charge in [0.15, 0.2) is 0 Å². The molecule has 2 aromatic rings. The molecular weight excluding hydrogens is 368 g/mol. The maximum atomic E-state index is 12.8. The number of aromatic nitrogens is 2. The molecule has 0 saturated carbocycles. The van der Waals surface area contributed by atoms with Gasteiger partial charge in [-0.15, -0.1) is 0 Å². The number of hydrogen-bond donors (Lipinski definition) is 2. The molecule has 0 radical (unpaired) electrons. The van der Waals surface area contributed by atoms with E-state index in [4.69, 9.17) is 0 Å². The van der Waals surface area contributed by atoms with E-state index in [9.17, 15) is 19.8 Å². The van der Waals surface area contributed by atoms with Crippen molar-refractivity contribution in [2.45, 2.75) is 90.5 Å². The summed E-state index contributed by atoms with van der Waals surface area (Å²) < 4.78 is 3.28. The van der Waals surface area contributed by atoms with Gasteiger partial charge in [0, 0.05) is 13.1 Å². The van der Waals surface area contributed by atoms with Gasteiger partial charge in [0.2, 0.25) is 0 Å². The van der Waals surface area contributed by atoms with Gasteiger partial charge >= 0.3 is 11.1 Å². The fourth-order valence-electron chi connectivity index (χ4n) is 4.27. The van der Waals surface area contributed by atoms with E-state index < -0.39 is 22.8 Å². The minimum Gasteiger partial charge on any atom is -0.390 e. The molecule has 0 amide bonds. The number of aliphatic hydroxyl groups is 2. The van der Waals surface area contributed by atoms with E-state index in [0.717, 1.165) is 35.9 Å². The smallest absolute Gasteiger partial charge is 0.316 e. The summed E-state index contributed by atoms with van der Waals surface area (Å²) >= 11 is 0. The molecule has 1 aliphatic heterocycles. The number of rotatable bonds is 7. The molecule has 1 aliphatic rings. The maximum Gasteiger partial charge on any atom is 0.316 e. The molecule has 29 heavy (non-hydrogen) atoms. The summed E-state index contributed by atoms with van der Waals surface area (Å²) in [4.78, 5) is 25.6. The topological polar surface area (TPSA) is 84.5 Å². The highest BCUT2D eigenvalue weighted by Crippen LogP contribution is 2.36. The normalized spacial score (nSPS) is 18.0. The van der Waals surface area contributed by atoms with E-state index in [-0.39, 0.29) is 11.3 Å². The fraction of sp³-hybridized carbons (Fsp3) is 0.652. The van der Waals surface area contributed by atoms with Gasteiger partial charge in [-0.25, -0.2) is 0 Å². The lowest BCUT2D eigenvalue weighted by molar-refractivity contribution is -0.0535. The monoisotopic (exact) mass is 402 g/mol. The molecule has 1 unspecified atom stereocenters. The summed E-state index contributed by atoms with van der Waals surface area (Å²) in [6.07, 6.45) is 2.03. The second-order valence-corrected chi connectivity index (χ2v) is 9.86. The molecule has 6 heteroatoms. The third-order valence-corrected chi connectivity index (χ3v) is 6.53. The molecule has 0 bridgehead atoms. The first-order valence-electron chi connectivity index (χ1n) is 10.6. The van der Waals surface area contributed by atoms with Gasteiger partial charge < -0.3 is 19.3 Å². The second kappa shape index (κ2) is 7.73. The van der Waals surface area contributed by atoms with Crippen molar-refractivity contribution in [2.75, 3.05) is 0 Å². The minimum atomic E-state index is -1.12. The van der Waals surface area contributed by atoms with Crippen LogP contribution in [0.15, 0.2) is 27.8 Å². The zero-order chi connectivity index (χ0) is 21.6. The molecule has 0 spiro atoms. The summed E-state index contributed by atoms with van der Waals surface area (Å²) in [5.74, 6) is 0.254. The third kappa shape index (κ3) is 4.19. The summed E-state index contributed by atoms with van der Waals surface area (Å²) in [6.45, 7) is 10.7. The molecule has 0 aliphatic carbocycles. The van der Waals surface area contributed by atoms with Crippen molar-refractivity contribution in [3.63, 3.8) is 0 Å². The van der Waals surface area contributed by atoms with Crippen LogP contribution in [0.3, 0.4) is 0 Å². The minimum absolute atomic E-state index is 0.0330. The van der Waals surface area contributed by atoms with Crippen LogP contribution < -0.4 is 11.1 Å². The van der Waals surface area contributed by atoms with Gasteiger partial charge in [-0.3, -0.25) is 9.59 Å². The first-order chi connectivity index (χ1) is 13.4. The maximum absolute atomic E-state index is 12.8. The Bertz CT molecular complexity index is 1010. The molecule has 2 atom stereocenters. The molecule has 2 heterocycles. The molecular formula is C23H34N2O4. The molecule has 3 rings (SSSR count). The molecule has 1 aromatic carbocycles. The Morgan fingerprint density at radius 3 is 2.48 bits per heavy atom. The van der Waals surface area contributed by atoms with Gasteiger partial charge in [0.1, 0.15) is 0 Å². The van der Waals surface area contributed by atoms with Crippen molar-refractivity contribution in [1.29, 1.82) is 0 Å². The molecule has 160 valence electrons. The van der Waals surface area contributed by atoms with Crippen molar-refractivity contribution >= 4 is 11.0 Å². The summed E-state index contributed by atoms with van der Waals surface area (Å²) in [5.41, 5.74) is 0.780. The van der Waals surface area contributed by atoms with Crippen molar-refractivity contribution in [2.24, 2.45) is 5.92 Å². The Labute approximate surface area is 171 Å². The molecule has 2 N–H and O–H groups in total. The molecule has 0 fully saturated rings. The van der Waals surface area contributed by atoms with Gasteiger partial charge in [-0.05, 0) is 62.5 Å². The third-order valence-electron chi connectivity index (χ3n) is 6.53. The number of aryl methyl sites for hydroxylation is 2. The molecule has 1 aromatic heterocycles. The van der Waals surface area contributed by atoms with Crippen LogP contribution >= 0.6 is 0 Å². The van der Waals surface area contributed by atoms with E-state index in [1.165, 1.54) is 0 Å². The fourth-order valence-corrected chi connectivity index (χ4v) is 4.27. The Morgan fingerprint density at radius 1 is 1.14 bits per heavy atom. The summed E-state index contributed by atoms with van der Waals surface area (Å²) in [6, 6.07) is 5.96. The zero-order valence-electron chi connectivity index (χ0n) is 18.2. The SMILES string of the molecule is C[C@H](CCC(O)C(C)(C)O)CCn1c(=O)c(=O)n2c3c(cccc31)C(C)(C)CC2. The number of aliphatic hydroxyl groups excluding tert-OH is 1. The quantitative estimate of drug-likeness (QED) is 0.698. The Kier molecular flexibility index (Phi) is 5.80. The van der Waals surface area contributed by atoms with Crippen molar-refractivity contribution in [3.8, 4) is 0 Å². The number of benzene rings is 1. The lowest BCUT2D eigenvalue weighted by Crippen LogP contribution is -2.44. The van der Waals surface area contributed by atoms with E-state index in [1.54, 1.807) is 23.0 Å². The van der Waals surface area contributed by atoms with Crippen LogP contribution in [-0.2, 0) is 18.5 Å². The van der Waals surface area contributed by atoms with Crippen LogP contribution in [-0.4, -0.2) is 31.1 Å². The highest BCUT2D eigenvalue weighted by atomic mass is 16.3. The molecule has 0 saturated heterocycles. The predicted octanol–water partition coefficient (Wildman–Crippen LogP) is 2.78. The Hall–Kier alpha value is -1.92. The largest absolute Gasteiger partial charge is 0.390 e. The molecule has 6 nitrogen and oxygen atoms in total. The second-order valence-electron chi connectivity index (χ2n) is 9.86. The highest BCUT2D eigenvalue weighted by Gasteiger charge is 2.30. The Balaban J connectivity index is 1.88. The highest BCUT2D eigenvalue weighted by molar-refractivity contribution is 5.80. The summed E-state index contributed by atoms with van der Waals surface area (Å²) in [5, 5.41) is 19.9. The van der Waals surface area contributed by atoms with E-state index in [2.05, 4.69) is 26.8 Å². The van der Waals surface area contributed by atoms with Gasteiger partial charge in [0.25, 0.3) is 0 Å². The van der Waals surface area contributed by atoms with Crippen LogP contribution in [0.2, 0.25) is 0 Å². The van der Waals surface area contributed by atoms with Crippen LogP contribution in [0.4, 0.5) is 0 Å². The van der Waals surface area contributed by atoms with Crippen molar-refractivity contribution in [3.05, 3.63) is 44.5 Å². The van der Waals surface area contributed by atoms with Crippen LogP contribution in [0, 0.1) is 5.92 Å². The zero-order valence-corrected chi connectivity index (χ0v) is 18.2. The first kappa shape index (κ1) is 21.8. The van der Waals surface area contributed by atoms with Gasteiger partial charge in [-0.1, -0.05) is 32.9 Å². The van der Waals surface area contributed by atoms with E-state index in [1.807, 2.05) is 12.1 Å². The van der Waals surface area contributed by atoms with Crippen LogP contribution in [0.25, 0.3) is 11.0 Å². The first-order valence-corrected chi connectivity index (χ1v) is 10.6.